The number of amides is 2. The maximum Gasteiger partial charge on any atom is 0.244 e. The van der Waals surface area contributed by atoms with E-state index in [0.717, 1.165) is 42.5 Å². The fourth-order valence-corrected chi connectivity index (χ4v) is 3.11. The number of hydrogen-bond donors (Lipinski definition) is 1. The number of carbonyl (C=O) groups is 2. The number of hydrogen-bond acceptors (Lipinski definition) is 2. The van der Waals surface area contributed by atoms with E-state index in [9.17, 15) is 9.59 Å². The molecule has 4 nitrogen and oxygen atoms in total. The molecule has 2 rings (SSSR count). The summed E-state index contributed by atoms with van der Waals surface area (Å²) >= 11 is 0. The molecule has 1 fully saturated rings. The number of carbonyl (C=O) groups excluding carboxylic acids is 2. The minimum Gasteiger partial charge on any atom is -0.331 e. The highest BCUT2D eigenvalue weighted by atomic mass is 16.2. The molecule has 0 spiro atoms. The Labute approximate surface area is 132 Å². The van der Waals surface area contributed by atoms with Gasteiger partial charge in [0.25, 0.3) is 0 Å². The molecule has 0 aliphatic heterocycles. The van der Waals surface area contributed by atoms with Gasteiger partial charge in [0.1, 0.15) is 6.54 Å². The maximum absolute atomic E-state index is 12.3. The van der Waals surface area contributed by atoms with Gasteiger partial charge in [0, 0.05) is 18.7 Å². The summed E-state index contributed by atoms with van der Waals surface area (Å²) in [4.78, 5) is 26.0. The molecule has 4 heteroatoms. The Hall–Kier alpha value is -1.84. The van der Waals surface area contributed by atoms with Crippen LogP contribution >= 0.6 is 0 Å². The Balaban J connectivity index is 2.01. The lowest BCUT2D eigenvalue weighted by molar-refractivity contribution is -0.135. The van der Waals surface area contributed by atoms with Crippen LogP contribution in [0.15, 0.2) is 18.2 Å². The van der Waals surface area contributed by atoms with Crippen LogP contribution < -0.4 is 5.32 Å². The van der Waals surface area contributed by atoms with E-state index >= 15 is 0 Å². The van der Waals surface area contributed by atoms with Crippen molar-refractivity contribution < 1.29 is 9.59 Å². The molecule has 1 aliphatic rings. The first-order chi connectivity index (χ1) is 10.5. The number of benzene rings is 1. The maximum atomic E-state index is 12.3. The third-order valence-electron chi connectivity index (χ3n) is 4.40. The van der Waals surface area contributed by atoms with Crippen LogP contribution in [0.4, 0.5) is 5.69 Å². The Morgan fingerprint density at radius 1 is 1.18 bits per heavy atom. The molecule has 22 heavy (non-hydrogen) atoms. The number of anilines is 1. The lowest BCUT2D eigenvalue weighted by atomic mass is 9.94. The molecular formula is C18H26N2O2. The van der Waals surface area contributed by atoms with E-state index in [1.54, 1.807) is 11.8 Å². The highest BCUT2D eigenvalue weighted by Crippen LogP contribution is 2.23. The average molecular weight is 302 g/mol. The summed E-state index contributed by atoms with van der Waals surface area (Å²) in [6.45, 7) is 5.67. The van der Waals surface area contributed by atoms with Crippen molar-refractivity contribution in [3.8, 4) is 0 Å². The Morgan fingerprint density at radius 2 is 1.86 bits per heavy atom. The van der Waals surface area contributed by atoms with Crippen molar-refractivity contribution >= 4 is 17.5 Å². The standard InChI is InChI=1S/C18H26N2O2/c1-13-9-10-14(2)17(11-13)19-18(22)12-20(15(3)21)16-7-5-4-6-8-16/h9-11,16H,4-8,12H2,1-3H3,(H,19,22). The molecule has 0 radical (unpaired) electrons. The first-order valence-corrected chi connectivity index (χ1v) is 8.11. The van der Waals surface area contributed by atoms with E-state index < -0.39 is 0 Å². The van der Waals surface area contributed by atoms with Crippen LogP contribution in [0.3, 0.4) is 0 Å². The van der Waals surface area contributed by atoms with Crippen molar-refractivity contribution in [1.29, 1.82) is 0 Å². The highest BCUT2D eigenvalue weighted by Gasteiger charge is 2.25. The monoisotopic (exact) mass is 302 g/mol. The summed E-state index contributed by atoms with van der Waals surface area (Å²) < 4.78 is 0. The lowest BCUT2D eigenvalue weighted by Crippen LogP contribution is -2.44. The normalized spacial score (nSPS) is 15.4. The summed E-state index contributed by atoms with van der Waals surface area (Å²) in [5, 5.41) is 2.94. The Morgan fingerprint density at radius 3 is 2.50 bits per heavy atom. The summed E-state index contributed by atoms with van der Waals surface area (Å²) in [6, 6.07) is 6.20. The van der Waals surface area contributed by atoms with Gasteiger partial charge in [0.05, 0.1) is 0 Å². The first-order valence-electron chi connectivity index (χ1n) is 8.11. The topological polar surface area (TPSA) is 49.4 Å². The largest absolute Gasteiger partial charge is 0.331 e. The smallest absolute Gasteiger partial charge is 0.244 e. The molecule has 0 atom stereocenters. The van der Waals surface area contributed by atoms with Gasteiger partial charge in [-0.1, -0.05) is 31.4 Å². The van der Waals surface area contributed by atoms with Gasteiger partial charge in [-0.25, -0.2) is 0 Å². The molecule has 1 aromatic rings. The summed E-state index contributed by atoms with van der Waals surface area (Å²) in [6.07, 6.45) is 5.55. The van der Waals surface area contributed by atoms with Crippen molar-refractivity contribution in [2.24, 2.45) is 0 Å². The van der Waals surface area contributed by atoms with E-state index in [1.165, 1.54) is 6.42 Å². The van der Waals surface area contributed by atoms with Gasteiger partial charge >= 0.3 is 0 Å². The van der Waals surface area contributed by atoms with Gasteiger partial charge in [-0.05, 0) is 43.9 Å². The van der Waals surface area contributed by atoms with Crippen LogP contribution in [0.2, 0.25) is 0 Å². The van der Waals surface area contributed by atoms with Crippen molar-refractivity contribution in [1.82, 2.24) is 4.90 Å². The van der Waals surface area contributed by atoms with Crippen LogP contribution in [-0.2, 0) is 9.59 Å². The number of aryl methyl sites for hydroxylation is 2. The van der Waals surface area contributed by atoms with E-state index in [-0.39, 0.29) is 24.4 Å². The average Bonchev–Trinajstić information content (AvgIpc) is 2.49. The van der Waals surface area contributed by atoms with E-state index in [1.807, 2.05) is 32.0 Å². The zero-order valence-electron chi connectivity index (χ0n) is 13.8. The van der Waals surface area contributed by atoms with Gasteiger partial charge < -0.3 is 10.2 Å². The number of nitrogens with one attached hydrogen (secondary N) is 1. The summed E-state index contributed by atoms with van der Waals surface area (Å²) in [5.74, 6) is -0.127. The van der Waals surface area contributed by atoms with Gasteiger partial charge in [0.2, 0.25) is 11.8 Å². The second-order valence-corrected chi connectivity index (χ2v) is 6.31. The predicted octanol–water partition coefficient (Wildman–Crippen LogP) is 3.42. The zero-order valence-corrected chi connectivity index (χ0v) is 13.8. The lowest BCUT2D eigenvalue weighted by Gasteiger charge is -2.33. The number of rotatable bonds is 4. The molecule has 2 amide bonds. The van der Waals surface area contributed by atoms with Crippen LogP contribution in [0.5, 0.6) is 0 Å². The van der Waals surface area contributed by atoms with Crippen LogP contribution in [-0.4, -0.2) is 29.3 Å². The third-order valence-corrected chi connectivity index (χ3v) is 4.40. The van der Waals surface area contributed by atoms with E-state index in [2.05, 4.69) is 5.32 Å². The van der Waals surface area contributed by atoms with Crippen molar-refractivity contribution in [3.05, 3.63) is 29.3 Å². The third kappa shape index (κ3) is 4.33. The Kier molecular flexibility index (Phi) is 5.58. The fraction of sp³-hybridized carbons (Fsp3) is 0.556. The molecule has 120 valence electrons. The van der Waals surface area contributed by atoms with Crippen LogP contribution in [0, 0.1) is 13.8 Å². The molecule has 1 N–H and O–H groups in total. The van der Waals surface area contributed by atoms with Gasteiger partial charge in [-0.3, -0.25) is 9.59 Å². The second kappa shape index (κ2) is 7.43. The van der Waals surface area contributed by atoms with Gasteiger partial charge in [-0.15, -0.1) is 0 Å². The quantitative estimate of drug-likeness (QED) is 0.926. The molecule has 0 aromatic heterocycles. The van der Waals surface area contributed by atoms with Gasteiger partial charge in [0.15, 0.2) is 0 Å². The summed E-state index contributed by atoms with van der Waals surface area (Å²) in [7, 11) is 0. The van der Waals surface area contributed by atoms with Crippen molar-refractivity contribution in [3.63, 3.8) is 0 Å². The van der Waals surface area contributed by atoms with E-state index in [0.29, 0.717) is 0 Å². The van der Waals surface area contributed by atoms with Crippen molar-refractivity contribution in [2.45, 2.75) is 58.9 Å². The molecule has 1 saturated carbocycles. The second-order valence-electron chi connectivity index (χ2n) is 6.31. The molecule has 0 heterocycles. The molecule has 1 aromatic carbocycles. The molecule has 0 unspecified atom stereocenters. The Bertz CT molecular complexity index is 548. The van der Waals surface area contributed by atoms with E-state index in [4.69, 9.17) is 0 Å². The zero-order chi connectivity index (χ0) is 16.1. The minimum absolute atomic E-state index is 0.0111. The summed E-state index contributed by atoms with van der Waals surface area (Å²) in [5.41, 5.74) is 2.97. The minimum atomic E-state index is -0.116. The predicted molar refractivity (Wildman–Crippen MR) is 88.8 cm³/mol. The number of nitrogens with zero attached hydrogens (tertiary/aromatic N) is 1. The van der Waals surface area contributed by atoms with Gasteiger partial charge in [-0.2, -0.15) is 0 Å². The van der Waals surface area contributed by atoms with Crippen molar-refractivity contribution in [2.75, 3.05) is 11.9 Å². The fourth-order valence-electron chi connectivity index (χ4n) is 3.11. The van der Waals surface area contributed by atoms with Crippen LogP contribution in [0.25, 0.3) is 0 Å². The molecule has 0 saturated heterocycles. The highest BCUT2D eigenvalue weighted by molar-refractivity contribution is 5.95. The molecule has 1 aliphatic carbocycles. The SMILES string of the molecule is CC(=O)N(CC(=O)Nc1cc(C)ccc1C)C1CCCCC1. The van der Waals surface area contributed by atoms with Crippen LogP contribution in [0.1, 0.15) is 50.2 Å². The molecule has 0 bridgehead atoms. The first kappa shape index (κ1) is 16.5. The molecular weight excluding hydrogens is 276 g/mol.